The first-order valence-corrected chi connectivity index (χ1v) is 12.7. The van der Waals surface area contributed by atoms with Crippen LogP contribution in [0.5, 0.6) is 0 Å². The molecule has 38 heavy (non-hydrogen) atoms. The Hall–Kier alpha value is -4.71. The highest BCUT2D eigenvalue weighted by molar-refractivity contribution is 6.00. The molecule has 0 spiro atoms. The van der Waals surface area contributed by atoms with Crippen molar-refractivity contribution in [3.05, 3.63) is 115 Å². The molecule has 3 aromatic heterocycles. The Bertz CT molecular complexity index is 1720. The predicted molar refractivity (Wildman–Crippen MR) is 156 cm³/mol. The molecular weight excluding hydrogens is 473 g/mol. The first-order chi connectivity index (χ1) is 18.5. The van der Waals surface area contributed by atoms with Gasteiger partial charge in [-0.3, -0.25) is 5.10 Å². The minimum Gasteiger partial charge on any atom is -0.359 e. The number of nitrogens with one attached hydrogen (secondary N) is 3. The van der Waals surface area contributed by atoms with Gasteiger partial charge >= 0.3 is 0 Å². The molecule has 3 heterocycles. The van der Waals surface area contributed by atoms with E-state index in [0.29, 0.717) is 0 Å². The molecule has 0 saturated heterocycles. The Labute approximate surface area is 221 Å². The summed E-state index contributed by atoms with van der Waals surface area (Å²) in [7, 11) is 0. The third-order valence-corrected chi connectivity index (χ3v) is 6.47. The molecule has 0 atom stereocenters. The number of nitrogens with zero attached hydrogens (tertiary/aromatic N) is 2. The molecule has 5 nitrogen and oxygen atoms in total. The smallest absolute Gasteiger partial charge is 0.135 e. The SMILES string of the molecule is C=C/C(=C\C(=C/C)c1ccc2[nH]nc(-c3cc4c(-c5cccc(F)c5)cccc4[nH]3)c2n1)NC(=C)CCC. The Kier molecular flexibility index (Phi) is 7.05. The molecule has 0 fully saturated rings. The van der Waals surface area contributed by atoms with Crippen LogP contribution in [-0.4, -0.2) is 20.2 Å². The molecule has 0 bridgehead atoms. The molecule has 190 valence electrons. The lowest BCUT2D eigenvalue weighted by Gasteiger charge is -2.11. The van der Waals surface area contributed by atoms with Crippen molar-refractivity contribution in [2.75, 3.05) is 0 Å². The maximum Gasteiger partial charge on any atom is 0.135 e. The highest BCUT2D eigenvalue weighted by Crippen LogP contribution is 2.34. The van der Waals surface area contributed by atoms with Crippen molar-refractivity contribution < 1.29 is 4.39 Å². The van der Waals surface area contributed by atoms with E-state index < -0.39 is 0 Å². The van der Waals surface area contributed by atoms with Crippen LogP contribution in [0.2, 0.25) is 0 Å². The number of rotatable bonds is 9. The number of hydrogen-bond acceptors (Lipinski definition) is 3. The van der Waals surface area contributed by atoms with Gasteiger partial charge in [0.05, 0.1) is 16.9 Å². The summed E-state index contributed by atoms with van der Waals surface area (Å²) in [4.78, 5) is 8.46. The zero-order valence-electron chi connectivity index (χ0n) is 21.6. The number of aromatic amines is 2. The van der Waals surface area contributed by atoms with E-state index in [2.05, 4.69) is 46.6 Å². The monoisotopic (exact) mass is 503 g/mol. The summed E-state index contributed by atoms with van der Waals surface area (Å²) in [6.07, 6.45) is 7.74. The molecule has 0 radical (unpaired) electrons. The highest BCUT2D eigenvalue weighted by Gasteiger charge is 2.16. The van der Waals surface area contributed by atoms with E-state index in [1.165, 1.54) is 6.07 Å². The highest BCUT2D eigenvalue weighted by atomic mass is 19.1. The van der Waals surface area contributed by atoms with E-state index in [-0.39, 0.29) is 5.82 Å². The van der Waals surface area contributed by atoms with Gasteiger partial charge in [-0.05, 0) is 78.6 Å². The van der Waals surface area contributed by atoms with Crippen molar-refractivity contribution in [3.8, 4) is 22.5 Å². The number of fused-ring (bicyclic) bond motifs is 2. The quantitative estimate of drug-likeness (QED) is 0.177. The van der Waals surface area contributed by atoms with E-state index in [1.807, 2.05) is 55.5 Å². The molecule has 0 saturated carbocycles. The summed E-state index contributed by atoms with van der Waals surface area (Å²) in [6.45, 7) is 12.2. The molecule has 0 amide bonds. The minimum absolute atomic E-state index is 0.261. The van der Waals surface area contributed by atoms with Gasteiger partial charge < -0.3 is 10.3 Å². The molecule has 5 aromatic rings. The van der Waals surface area contributed by atoms with E-state index in [1.54, 1.807) is 18.2 Å². The Morgan fingerprint density at radius 1 is 1.08 bits per heavy atom. The number of aromatic nitrogens is 4. The zero-order valence-corrected chi connectivity index (χ0v) is 21.6. The summed E-state index contributed by atoms with van der Waals surface area (Å²) in [5.41, 5.74) is 9.47. The van der Waals surface area contributed by atoms with Crippen LogP contribution >= 0.6 is 0 Å². The zero-order chi connectivity index (χ0) is 26.6. The average Bonchev–Trinajstić information content (AvgIpc) is 3.54. The van der Waals surface area contributed by atoms with Crippen molar-refractivity contribution in [3.63, 3.8) is 0 Å². The van der Waals surface area contributed by atoms with Gasteiger partial charge in [0, 0.05) is 22.3 Å². The molecule has 3 N–H and O–H groups in total. The summed E-state index contributed by atoms with van der Waals surface area (Å²) >= 11 is 0. The topological polar surface area (TPSA) is 69.4 Å². The molecule has 0 aliphatic carbocycles. The summed E-state index contributed by atoms with van der Waals surface area (Å²) in [5.74, 6) is -0.261. The second-order valence-corrected chi connectivity index (χ2v) is 9.15. The van der Waals surface area contributed by atoms with E-state index in [0.717, 1.165) is 80.0 Å². The second-order valence-electron chi connectivity index (χ2n) is 9.15. The fourth-order valence-electron chi connectivity index (χ4n) is 4.63. The maximum atomic E-state index is 13.9. The van der Waals surface area contributed by atoms with Crippen molar-refractivity contribution in [1.29, 1.82) is 0 Å². The van der Waals surface area contributed by atoms with Gasteiger partial charge in [0.15, 0.2) is 0 Å². The molecule has 5 rings (SSSR count). The Morgan fingerprint density at radius 2 is 1.92 bits per heavy atom. The third-order valence-electron chi connectivity index (χ3n) is 6.47. The Morgan fingerprint density at radius 3 is 2.68 bits per heavy atom. The standard InChI is InChI=1S/C32H30FN5/c1-5-10-20(4)34-24(7-3)18-21(6-2)27-15-16-29-31(36-27)32(38-37-29)30-19-26-25(13-9-14-28(26)35-30)22-11-8-12-23(33)17-22/h6-9,11-19,34-35H,3-5,10H2,1-2H3,(H,37,38)/b21-6+,24-18+. The van der Waals surface area contributed by atoms with E-state index in [4.69, 9.17) is 4.98 Å². The first kappa shape index (κ1) is 25.0. The van der Waals surface area contributed by atoms with Crippen LogP contribution in [0.4, 0.5) is 4.39 Å². The molecule has 0 aliphatic rings. The maximum absolute atomic E-state index is 13.9. The van der Waals surface area contributed by atoms with Crippen LogP contribution in [0.15, 0.2) is 103 Å². The Balaban J connectivity index is 1.55. The van der Waals surface area contributed by atoms with Crippen molar-refractivity contribution >= 4 is 27.5 Å². The van der Waals surface area contributed by atoms with Crippen LogP contribution in [0, 0.1) is 5.82 Å². The van der Waals surface area contributed by atoms with Gasteiger partial charge in [0.1, 0.15) is 17.0 Å². The number of pyridine rings is 1. The second kappa shape index (κ2) is 10.7. The van der Waals surface area contributed by atoms with Crippen molar-refractivity contribution in [2.45, 2.75) is 26.7 Å². The average molecular weight is 504 g/mol. The minimum atomic E-state index is -0.261. The molecular formula is C32H30FN5. The molecule has 2 aromatic carbocycles. The van der Waals surface area contributed by atoms with Gasteiger partial charge in [-0.1, -0.05) is 56.8 Å². The molecule has 0 aliphatic heterocycles. The lowest BCUT2D eigenvalue weighted by Crippen LogP contribution is -2.10. The number of halogens is 1. The lowest BCUT2D eigenvalue weighted by molar-refractivity contribution is 0.628. The summed E-state index contributed by atoms with van der Waals surface area (Å²) < 4.78 is 13.9. The lowest BCUT2D eigenvalue weighted by atomic mass is 10.0. The molecule has 0 unspecified atom stereocenters. The van der Waals surface area contributed by atoms with Gasteiger partial charge in [-0.25, -0.2) is 9.37 Å². The normalized spacial score (nSPS) is 12.3. The third kappa shape index (κ3) is 4.93. The predicted octanol–water partition coefficient (Wildman–Crippen LogP) is 8.29. The molecule has 6 heteroatoms. The van der Waals surface area contributed by atoms with Crippen LogP contribution in [-0.2, 0) is 0 Å². The van der Waals surface area contributed by atoms with Gasteiger partial charge in [0.25, 0.3) is 0 Å². The first-order valence-electron chi connectivity index (χ1n) is 12.7. The van der Waals surface area contributed by atoms with Crippen LogP contribution in [0.1, 0.15) is 32.4 Å². The number of benzene rings is 2. The fourth-order valence-corrected chi connectivity index (χ4v) is 4.63. The number of hydrogen-bond donors (Lipinski definition) is 3. The van der Waals surface area contributed by atoms with Crippen LogP contribution in [0.3, 0.4) is 0 Å². The summed E-state index contributed by atoms with van der Waals surface area (Å²) in [5, 5.41) is 12.0. The van der Waals surface area contributed by atoms with Crippen molar-refractivity contribution in [1.82, 2.24) is 25.5 Å². The van der Waals surface area contributed by atoms with Crippen LogP contribution in [0.25, 0.3) is 50.0 Å². The van der Waals surface area contributed by atoms with Gasteiger partial charge in [0.2, 0.25) is 0 Å². The summed E-state index contributed by atoms with van der Waals surface area (Å²) in [6, 6.07) is 18.6. The van der Waals surface area contributed by atoms with Gasteiger partial charge in [-0.2, -0.15) is 5.10 Å². The van der Waals surface area contributed by atoms with E-state index in [9.17, 15) is 4.39 Å². The largest absolute Gasteiger partial charge is 0.359 e. The number of H-pyrrole nitrogens is 2. The fraction of sp³-hybridized carbons (Fsp3) is 0.125. The van der Waals surface area contributed by atoms with Crippen molar-refractivity contribution in [2.24, 2.45) is 0 Å². The van der Waals surface area contributed by atoms with Gasteiger partial charge in [-0.15, -0.1) is 0 Å². The number of allylic oxidation sites excluding steroid dienone is 5. The van der Waals surface area contributed by atoms with Crippen LogP contribution < -0.4 is 5.32 Å². The van der Waals surface area contributed by atoms with E-state index >= 15 is 0 Å².